The Balaban J connectivity index is 0.000000164. The smallest absolute Gasteiger partial charge is 0.333 e. The summed E-state index contributed by atoms with van der Waals surface area (Å²) in [5.41, 5.74) is 12.1. The zero-order chi connectivity index (χ0) is 41.9. The van der Waals surface area contributed by atoms with Gasteiger partial charge in [0.25, 0.3) is 26.6 Å². The number of anilines is 3. The van der Waals surface area contributed by atoms with E-state index in [0.717, 1.165) is 86.8 Å². The standard InChI is InChI=1S/C20H25N5O3S.C13H13NO.C7H12N4O2S/c1-12-10-17(25(2)3)22-20(21-12)29(27,28)24-19(26)23-18-15-8-4-6-13(15)11-14-7-5-9-16(14)18;14-8-15-13-11-5-1-3-9(11)7-10-4-2-6-12(10)13;1-5-4-6(11(2)3)10-7(9-5)14(8,12)13/h10-11H,4-9H2,1-3H3,(H2,23,24,26);7H,1-6H2;4H,1-3H3,(H2,8,12,13). The number of nitrogens with zero attached hydrogens (tertiary/aromatic N) is 7. The van der Waals surface area contributed by atoms with Crippen LogP contribution in [0.2, 0.25) is 0 Å². The van der Waals surface area contributed by atoms with Crippen molar-refractivity contribution >= 4 is 43.4 Å². The number of fused-ring (bicyclic) bond motifs is 4. The summed E-state index contributed by atoms with van der Waals surface area (Å²) in [5, 5.41) is 15.7. The second-order valence-corrected chi connectivity index (χ2v) is 18.3. The van der Waals surface area contributed by atoms with E-state index >= 15 is 0 Å². The van der Waals surface area contributed by atoms with Crippen LogP contribution in [0.4, 0.5) is 22.1 Å². The van der Waals surface area contributed by atoms with E-state index in [2.05, 4.69) is 42.1 Å². The Kier molecular flexibility index (Phi) is 12.5. The Labute approximate surface area is 340 Å². The summed E-state index contributed by atoms with van der Waals surface area (Å²) in [7, 11) is -0.993. The Morgan fingerprint density at radius 3 is 1.52 bits per heavy atom. The van der Waals surface area contributed by atoms with E-state index in [-0.39, 0.29) is 5.16 Å². The number of aryl methyl sites for hydroxylation is 6. The molecule has 0 atom stereocenters. The lowest BCUT2D eigenvalue weighted by atomic mass is 9.99. The molecule has 0 saturated carbocycles. The van der Waals surface area contributed by atoms with Gasteiger partial charge in [-0.1, -0.05) is 12.1 Å². The van der Waals surface area contributed by atoms with Gasteiger partial charge in [0.2, 0.25) is 0 Å². The summed E-state index contributed by atoms with van der Waals surface area (Å²) in [4.78, 5) is 31.6. The molecule has 18 heteroatoms. The molecule has 0 radical (unpaired) electrons. The summed E-state index contributed by atoms with van der Waals surface area (Å²) in [5.74, 6) is 1.87. The number of nitrogens with two attached hydrogens (primary N) is 1. The highest BCUT2D eigenvalue weighted by Gasteiger charge is 2.28. The molecule has 8 rings (SSSR count). The molecule has 0 bridgehead atoms. The SMILES string of the molecule is Cc1cc(N(C)C)nc(S(=O)(=O)NC(=O)Nc2c3c(cc4c2CCC4)CCC3)n1.Cc1cc(N(C)C)nc(S(N)(=O)=O)n1.N#COc1c2c(cc3c1CCC3)CCC2. The fourth-order valence-corrected chi connectivity index (χ4v) is 9.32. The van der Waals surface area contributed by atoms with Crippen molar-refractivity contribution in [1.29, 1.82) is 5.26 Å². The van der Waals surface area contributed by atoms with Crippen molar-refractivity contribution in [3.05, 3.63) is 80.2 Å². The number of nitriles is 1. The number of carbonyl (C=O) groups is 1. The summed E-state index contributed by atoms with van der Waals surface area (Å²) < 4.78 is 54.7. The fourth-order valence-electron chi connectivity index (χ4n) is 7.96. The number of amides is 2. The zero-order valence-corrected chi connectivity index (χ0v) is 35.4. The number of hydrogen-bond acceptors (Lipinski definition) is 13. The number of benzene rings is 2. The van der Waals surface area contributed by atoms with Gasteiger partial charge in [-0.2, -0.15) is 18.4 Å². The molecule has 2 aromatic heterocycles. The minimum atomic E-state index is -4.20. The lowest BCUT2D eigenvalue weighted by Crippen LogP contribution is -2.36. The van der Waals surface area contributed by atoms with Crippen molar-refractivity contribution in [1.82, 2.24) is 24.7 Å². The molecule has 58 heavy (non-hydrogen) atoms. The number of hydrogen-bond donors (Lipinski definition) is 3. The summed E-state index contributed by atoms with van der Waals surface area (Å²) >= 11 is 0. The van der Waals surface area contributed by atoms with Crippen LogP contribution < -0.4 is 29.7 Å². The molecule has 0 saturated heterocycles. The average molecular weight is 831 g/mol. The van der Waals surface area contributed by atoms with E-state index in [1.807, 2.05) is 6.26 Å². The van der Waals surface area contributed by atoms with E-state index in [9.17, 15) is 21.6 Å². The number of primary sulfonamides is 1. The molecule has 0 unspecified atom stereocenters. The third-order valence-corrected chi connectivity index (χ3v) is 12.4. The first-order valence-corrected chi connectivity index (χ1v) is 22.3. The molecule has 0 aliphatic heterocycles. The minimum absolute atomic E-state index is 0.346. The van der Waals surface area contributed by atoms with Gasteiger partial charge in [-0.15, -0.1) is 5.26 Å². The first-order chi connectivity index (χ1) is 27.4. The van der Waals surface area contributed by atoms with Gasteiger partial charge in [0, 0.05) is 57.4 Å². The van der Waals surface area contributed by atoms with E-state index < -0.39 is 31.2 Å². The van der Waals surface area contributed by atoms with Gasteiger partial charge in [0.15, 0.2) is 0 Å². The van der Waals surface area contributed by atoms with Gasteiger partial charge in [-0.25, -0.2) is 33.0 Å². The largest absolute Gasteiger partial charge is 0.387 e. The molecule has 0 spiro atoms. The van der Waals surface area contributed by atoms with E-state index in [0.29, 0.717) is 23.0 Å². The molecule has 4 aromatic rings. The highest BCUT2D eigenvalue weighted by molar-refractivity contribution is 7.90. The molecule has 4 N–H and O–H groups in total. The molecule has 4 aliphatic carbocycles. The Morgan fingerprint density at radius 2 is 1.09 bits per heavy atom. The van der Waals surface area contributed by atoms with Gasteiger partial charge < -0.3 is 19.9 Å². The predicted octanol–water partition coefficient (Wildman–Crippen LogP) is 4.36. The predicted molar refractivity (Wildman–Crippen MR) is 220 cm³/mol. The lowest BCUT2D eigenvalue weighted by molar-refractivity contribution is 0.256. The number of rotatable bonds is 7. The van der Waals surface area contributed by atoms with Crippen molar-refractivity contribution in [2.24, 2.45) is 5.14 Å². The highest BCUT2D eigenvalue weighted by Crippen LogP contribution is 2.40. The normalized spacial score (nSPS) is 14.7. The van der Waals surface area contributed by atoms with Crippen LogP contribution in [0.5, 0.6) is 5.75 Å². The van der Waals surface area contributed by atoms with Gasteiger partial charge in [-0.3, -0.25) is 0 Å². The van der Waals surface area contributed by atoms with Crippen molar-refractivity contribution in [3.8, 4) is 12.0 Å². The van der Waals surface area contributed by atoms with Crippen molar-refractivity contribution in [2.75, 3.05) is 43.3 Å². The van der Waals surface area contributed by atoms with Gasteiger partial charge in [0.1, 0.15) is 17.4 Å². The number of ether oxygens (including phenoxy) is 1. The maximum Gasteiger partial charge on any atom is 0.333 e. The summed E-state index contributed by atoms with van der Waals surface area (Å²) in [6.45, 7) is 3.37. The Hall–Kier alpha value is -5.38. The van der Waals surface area contributed by atoms with E-state index in [4.69, 9.17) is 15.1 Å². The molecular weight excluding hydrogens is 781 g/mol. The van der Waals surface area contributed by atoms with Crippen LogP contribution in [0.1, 0.15) is 81.6 Å². The van der Waals surface area contributed by atoms with Crippen molar-refractivity contribution in [2.45, 2.75) is 101 Å². The van der Waals surface area contributed by atoms with Crippen LogP contribution >= 0.6 is 0 Å². The summed E-state index contributed by atoms with van der Waals surface area (Å²) in [6, 6.07) is 7.17. The van der Waals surface area contributed by atoms with Crippen LogP contribution in [0.25, 0.3) is 0 Å². The van der Waals surface area contributed by atoms with Crippen LogP contribution in [0.3, 0.4) is 0 Å². The molecule has 2 aromatic carbocycles. The molecule has 2 heterocycles. The third-order valence-electron chi connectivity index (χ3n) is 10.6. The van der Waals surface area contributed by atoms with Crippen LogP contribution in [-0.2, 0) is 71.4 Å². The third kappa shape index (κ3) is 9.49. The number of sulfonamides is 2. The quantitative estimate of drug-likeness (QED) is 0.174. The van der Waals surface area contributed by atoms with Crippen LogP contribution in [0.15, 0.2) is 34.6 Å². The van der Waals surface area contributed by atoms with Gasteiger partial charge >= 0.3 is 16.1 Å². The van der Waals surface area contributed by atoms with Crippen molar-refractivity contribution in [3.63, 3.8) is 0 Å². The highest BCUT2D eigenvalue weighted by atomic mass is 32.2. The fraction of sp³-hybridized carbons (Fsp3) is 0.450. The number of aromatic nitrogens is 4. The molecule has 2 amide bonds. The van der Waals surface area contributed by atoms with Crippen LogP contribution in [-0.4, -0.2) is 71.0 Å². The average Bonchev–Trinajstić information content (AvgIpc) is 3.99. The maximum atomic E-state index is 12.7. The molecule has 0 fully saturated rings. The van der Waals surface area contributed by atoms with Crippen molar-refractivity contribution < 1.29 is 26.4 Å². The Bertz CT molecular complexity index is 2450. The molecular formula is C40H50N10O6S2. The molecule has 308 valence electrons. The Morgan fingerprint density at radius 1 is 0.672 bits per heavy atom. The first-order valence-electron chi connectivity index (χ1n) is 19.3. The topological polar surface area (TPSA) is 226 Å². The van der Waals surface area contributed by atoms with Gasteiger partial charge in [-0.05, 0) is 135 Å². The number of nitrogens with one attached hydrogen (secondary N) is 2. The second kappa shape index (κ2) is 17.2. The van der Waals surface area contributed by atoms with Gasteiger partial charge in [0.05, 0.1) is 0 Å². The lowest BCUT2D eigenvalue weighted by Gasteiger charge is -2.17. The van der Waals surface area contributed by atoms with Crippen LogP contribution in [0, 0.1) is 25.4 Å². The maximum absolute atomic E-state index is 12.7. The minimum Gasteiger partial charge on any atom is -0.387 e. The zero-order valence-electron chi connectivity index (χ0n) is 33.8. The number of carbonyl (C=O) groups excluding carboxylic acids is 1. The van der Waals surface area contributed by atoms with E-state index in [1.54, 1.807) is 64.0 Å². The molecule has 4 aliphatic rings. The molecule has 16 nitrogen and oxygen atoms in total. The summed E-state index contributed by atoms with van der Waals surface area (Å²) in [6.07, 6.45) is 14.7. The second-order valence-electron chi connectivity index (χ2n) is 15.3. The monoisotopic (exact) mass is 830 g/mol. The number of urea groups is 1. The first kappa shape index (κ1) is 42.2. The van der Waals surface area contributed by atoms with E-state index in [1.165, 1.54) is 46.2 Å².